The summed E-state index contributed by atoms with van der Waals surface area (Å²) in [6.07, 6.45) is 9.55. The van der Waals surface area contributed by atoms with E-state index in [9.17, 15) is 0 Å². The van der Waals surface area contributed by atoms with Gasteiger partial charge < -0.3 is 5.32 Å². The van der Waals surface area contributed by atoms with Crippen LogP contribution in [0.1, 0.15) is 62.1 Å². The fraction of sp³-hybridized carbons (Fsp3) is 0.684. The second kappa shape index (κ2) is 7.26. The number of benzene rings is 1. The summed E-state index contributed by atoms with van der Waals surface area (Å²) in [7, 11) is 0. The molecule has 1 aliphatic rings. The zero-order valence-corrected chi connectivity index (χ0v) is 13.6. The maximum Gasteiger partial charge on any atom is 0.00110 e. The predicted molar refractivity (Wildman–Crippen MR) is 88.3 cm³/mol. The Morgan fingerprint density at radius 3 is 2.25 bits per heavy atom. The molecular weight excluding hydrogens is 242 g/mol. The molecule has 1 nitrogen and oxygen atoms in total. The van der Waals surface area contributed by atoms with Crippen molar-refractivity contribution < 1.29 is 0 Å². The molecule has 1 saturated carbocycles. The van der Waals surface area contributed by atoms with Gasteiger partial charge in [0.2, 0.25) is 0 Å². The molecule has 112 valence electrons. The third kappa shape index (κ3) is 4.34. The number of hydrogen-bond donors (Lipinski definition) is 1. The molecule has 1 aliphatic carbocycles. The van der Waals surface area contributed by atoms with E-state index in [1.54, 1.807) is 5.56 Å². The molecule has 1 aromatic carbocycles. The summed E-state index contributed by atoms with van der Waals surface area (Å²) in [6, 6.07) is 7.07. The molecular formula is C19H31N. The first-order valence-corrected chi connectivity index (χ1v) is 8.41. The molecule has 0 atom stereocenters. The van der Waals surface area contributed by atoms with Gasteiger partial charge in [-0.05, 0) is 57.1 Å². The molecule has 0 unspecified atom stereocenters. The molecule has 0 amide bonds. The van der Waals surface area contributed by atoms with Crippen molar-refractivity contribution in [1.82, 2.24) is 5.32 Å². The van der Waals surface area contributed by atoms with Gasteiger partial charge in [0, 0.05) is 6.54 Å². The molecule has 0 spiro atoms. The minimum absolute atomic E-state index is 0.508. The quantitative estimate of drug-likeness (QED) is 0.734. The van der Waals surface area contributed by atoms with E-state index in [4.69, 9.17) is 0 Å². The van der Waals surface area contributed by atoms with Gasteiger partial charge in [0.1, 0.15) is 0 Å². The molecule has 2 rings (SSSR count). The molecule has 1 heteroatoms. The van der Waals surface area contributed by atoms with Gasteiger partial charge in [-0.15, -0.1) is 0 Å². The first kappa shape index (κ1) is 15.6. The first-order valence-electron chi connectivity index (χ1n) is 8.41. The molecule has 0 heterocycles. The van der Waals surface area contributed by atoms with Gasteiger partial charge in [0.15, 0.2) is 0 Å². The lowest BCUT2D eigenvalue weighted by Gasteiger charge is -2.38. The molecule has 0 saturated heterocycles. The van der Waals surface area contributed by atoms with E-state index in [1.807, 2.05) is 0 Å². The second-order valence-electron chi connectivity index (χ2n) is 6.91. The van der Waals surface area contributed by atoms with Crippen LogP contribution in [0.2, 0.25) is 0 Å². The molecule has 0 aromatic heterocycles. The van der Waals surface area contributed by atoms with Gasteiger partial charge in [-0.2, -0.15) is 0 Å². The van der Waals surface area contributed by atoms with E-state index in [0.717, 1.165) is 6.54 Å². The number of aryl methyl sites for hydroxylation is 2. The van der Waals surface area contributed by atoms with Crippen molar-refractivity contribution in [3.05, 3.63) is 34.9 Å². The summed E-state index contributed by atoms with van der Waals surface area (Å²) in [4.78, 5) is 0. The van der Waals surface area contributed by atoms with Crippen LogP contribution in [0, 0.1) is 19.3 Å². The Balaban J connectivity index is 2.09. The average molecular weight is 273 g/mol. The lowest BCUT2D eigenvalue weighted by molar-refractivity contribution is 0.181. The topological polar surface area (TPSA) is 12.0 Å². The van der Waals surface area contributed by atoms with Gasteiger partial charge in [0.05, 0.1) is 0 Å². The van der Waals surface area contributed by atoms with Gasteiger partial charge in [-0.25, -0.2) is 0 Å². The summed E-state index contributed by atoms with van der Waals surface area (Å²) < 4.78 is 0. The van der Waals surface area contributed by atoms with Crippen LogP contribution >= 0.6 is 0 Å². The van der Waals surface area contributed by atoms with E-state index in [1.165, 1.54) is 62.6 Å². The Labute approximate surface area is 125 Å². The van der Waals surface area contributed by atoms with Crippen molar-refractivity contribution in [2.75, 3.05) is 13.1 Å². The average Bonchev–Trinajstić information content (AvgIpc) is 2.38. The summed E-state index contributed by atoms with van der Waals surface area (Å²) in [5.74, 6) is 0. The highest BCUT2D eigenvalue weighted by Gasteiger charge is 2.31. The fourth-order valence-corrected chi connectivity index (χ4v) is 3.85. The molecule has 20 heavy (non-hydrogen) atoms. The van der Waals surface area contributed by atoms with Crippen LogP contribution in [0.5, 0.6) is 0 Å². The molecule has 0 bridgehead atoms. The van der Waals surface area contributed by atoms with Crippen molar-refractivity contribution in [2.45, 2.75) is 65.7 Å². The van der Waals surface area contributed by atoms with Crippen LogP contribution in [-0.2, 0) is 6.42 Å². The predicted octanol–water partition coefficient (Wildman–Crippen LogP) is 4.80. The summed E-state index contributed by atoms with van der Waals surface area (Å²) in [5, 5.41) is 3.70. The van der Waals surface area contributed by atoms with Crippen molar-refractivity contribution in [3.8, 4) is 0 Å². The summed E-state index contributed by atoms with van der Waals surface area (Å²) in [5.41, 5.74) is 4.87. The van der Waals surface area contributed by atoms with Crippen LogP contribution < -0.4 is 5.32 Å². The van der Waals surface area contributed by atoms with Crippen molar-refractivity contribution in [1.29, 1.82) is 0 Å². The van der Waals surface area contributed by atoms with Crippen LogP contribution in [0.25, 0.3) is 0 Å². The van der Waals surface area contributed by atoms with Crippen LogP contribution in [0.3, 0.4) is 0 Å². The molecule has 1 aromatic rings. The largest absolute Gasteiger partial charge is 0.316 e. The van der Waals surface area contributed by atoms with E-state index in [0.29, 0.717) is 5.41 Å². The third-order valence-corrected chi connectivity index (χ3v) is 4.70. The van der Waals surface area contributed by atoms with E-state index in [2.05, 4.69) is 44.3 Å². The van der Waals surface area contributed by atoms with E-state index >= 15 is 0 Å². The fourth-order valence-electron chi connectivity index (χ4n) is 3.85. The molecule has 1 fully saturated rings. The molecule has 1 N–H and O–H groups in total. The monoisotopic (exact) mass is 273 g/mol. The third-order valence-electron chi connectivity index (χ3n) is 4.70. The van der Waals surface area contributed by atoms with Crippen molar-refractivity contribution in [3.63, 3.8) is 0 Å². The number of rotatable bonds is 6. The molecule has 0 aliphatic heterocycles. The SMILES string of the molecule is CCCNCC1(Cc2cc(C)cc(C)c2)CCCCC1. The van der Waals surface area contributed by atoms with Crippen molar-refractivity contribution in [2.24, 2.45) is 5.41 Å². The van der Waals surface area contributed by atoms with Crippen LogP contribution in [-0.4, -0.2) is 13.1 Å². The smallest absolute Gasteiger partial charge is 0.00110 e. The highest BCUT2D eigenvalue weighted by molar-refractivity contribution is 5.29. The highest BCUT2D eigenvalue weighted by Crippen LogP contribution is 2.39. The zero-order valence-electron chi connectivity index (χ0n) is 13.6. The summed E-state index contributed by atoms with van der Waals surface area (Å²) >= 11 is 0. The lowest BCUT2D eigenvalue weighted by Crippen LogP contribution is -2.38. The Morgan fingerprint density at radius 1 is 1.00 bits per heavy atom. The maximum absolute atomic E-state index is 3.70. The van der Waals surface area contributed by atoms with Gasteiger partial charge >= 0.3 is 0 Å². The first-order chi connectivity index (χ1) is 9.63. The minimum atomic E-state index is 0.508. The minimum Gasteiger partial charge on any atom is -0.316 e. The van der Waals surface area contributed by atoms with E-state index < -0.39 is 0 Å². The Kier molecular flexibility index (Phi) is 5.65. The molecule has 0 radical (unpaired) electrons. The number of nitrogens with one attached hydrogen (secondary N) is 1. The van der Waals surface area contributed by atoms with E-state index in [-0.39, 0.29) is 0 Å². The van der Waals surface area contributed by atoms with Gasteiger partial charge in [0.25, 0.3) is 0 Å². The Hall–Kier alpha value is -0.820. The van der Waals surface area contributed by atoms with Gasteiger partial charge in [-0.3, -0.25) is 0 Å². The van der Waals surface area contributed by atoms with Crippen molar-refractivity contribution >= 4 is 0 Å². The standard InChI is InChI=1S/C19H31N/c1-4-10-20-15-19(8-6-5-7-9-19)14-18-12-16(2)11-17(3)13-18/h11-13,20H,4-10,14-15H2,1-3H3. The van der Waals surface area contributed by atoms with Crippen LogP contribution in [0.4, 0.5) is 0 Å². The van der Waals surface area contributed by atoms with Gasteiger partial charge in [-0.1, -0.05) is 55.5 Å². The number of hydrogen-bond acceptors (Lipinski definition) is 1. The Morgan fingerprint density at radius 2 is 1.65 bits per heavy atom. The zero-order chi connectivity index (χ0) is 14.4. The second-order valence-corrected chi connectivity index (χ2v) is 6.91. The normalized spacial score (nSPS) is 18.1. The van der Waals surface area contributed by atoms with Crippen LogP contribution in [0.15, 0.2) is 18.2 Å². The summed E-state index contributed by atoms with van der Waals surface area (Å²) in [6.45, 7) is 9.06. The lowest BCUT2D eigenvalue weighted by atomic mass is 9.70. The Bertz CT molecular complexity index is 396. The highest BCUT2D eigenvalue weighted by atomic mass is 14.9. The maximum atomic E-state index is 3.70.